The van der Waals surface area contributed by atoms with Crippen molar-refractivity contribution in [3.8, 4) is 0 Å². The first-order chi connectivity index (χ1) is 12.1. The molecule has 0 unspecified atom stereocenters. The summed E-state index contributed by atoms with van der Waals surface area (Å²) in [6.45, 7) is 5.72. The number of carbonyl (C=O) groups excluding carboxylic acids is 1. The topological polar surface area (TPSA) is 69.7 Å². The highest BCUT2D eigenvalue weighted by Gasteiger charge is 2.32. The third-order valence-electron chi connectivity index (χ3n) is 4.28. The fraction of sp³-hybridized carbons (Fsp3) is 0.562. The van der Waals surface area contributed by atoms with Gasteiger partial charge in [-0.05, 0) is 25.5 Å². The maximum absolute atomic E-state index is 12.9. The van der Waals surface area contributed by atoms with Gasteiger partial charge in [-0.1, -0.05) is 46.1 Å². The molecule has 0 spiro atoms. The van der Waals surface area contributed by atoms with Crippen LogP contribution in [0.3, 0.4) is 0 Å². The van der Waals surface area contributed by atoms with Crippen LogP contribution in [0.4, 0.5) is 0 Å². The van der Waals surface area contributed by atoms with Crippen molar-refractivity contribution in [2.24, 2.45) is 0 Å². The molecule has 10 heteroatoms. The Hall–Kier alpha value is -0.380. The molecule has 0 saturated carbocycles. The summed E-state index contributed by atoms with van der Waals surface area (Å²) in [6, 6.07) is 3.15. The predicted molar refractivity (Wildman–Crippen MR) is 107 cm³/mol. The molecular weight excluding hydrogens is 465 g/mol. The molecule has 6 nitrogen and oxygen atoms in total. The highest BCUT2D eigenvalue weighted by atomic mass is 79.9. The van der Waals surface area contributed by atoms with Crippen molar-refractivity contribution in [2.75, 3.05) is 32.7 Å². The second-order valence-corrected chi connectivity index (χ2v) is 9.86. The smallest absolute Gasteiger partial charge is 0.246 e. The van der Waals surface area contributed by atoms with Gasteiger partial charge in [0.2, 0.25) is 15.9 Å². The molecule has 0 aromatic heterocycles. The van der Waals surface area contributed by atoms with E-state index in [2.05, 4.69) is 21.2 Å². The number of hydrogen-bond acceptors (Lipinski definition) is 4. The average Bonchev–Trinajstić information content (AvgIpc) is 2.53. The minimum atomic E-state index is -3.79. The summed E-state index contributed by atoms with van der Waals surface area (Å²) in [7, 11) is -3.79. The lowest BCUT2D eigenvalue weighted by Crippen LogP contribution is -2.51. The zero-order valence-corrected chi connectivity index (χ0v) is 18.6. The second kappa shape index (κ2) is 9.21. The Morgan fingerprint density at radius 2 is 1.77 bits per heavy atom. The Bertz CT molecular complexity index is 745. The number of piperazine rings is 1. The summed E-state index contributed by atoms with van der Waals surface area (Å²) < 4.78 is 27.8. The minimum Gasteiger partial charge on any atom is -0.353 e. The zero-order valence-electron chi connectivity index (χ0n) is 14.6. The molecule has 1 saturated heterocycles. The molecule has 0 radical (unpaired) electrons. The molecule has 1 heterocycles. The van der Waals surface area contributed by atoms with Gasteiger partial charge in [0.1, 0.15) is 4.90 Å². The van der Waals surface area contributed by atoms with Crippen molar-refractivity contribution >= 4 is 55.1 Å². The van der Waals surface area contributed by atoms with E-state index >= 15 is 0 Å². The molecule has 0 aliphatic carbocycles. The molecule has 2 rings (SSSR count). The average molecular weight is 487 g/mol. The van der Waals surface area contributed by atoms with Gasteiger partial charge in [0.25, 0.3) is 0 Å². The number of carbonyl (C=O) groups is 1. The Morgan fingerprint density at radius 1 is 1.23 bits per heavy atom. The molecule has 26 heavy (non-hydrogen) atoms. The van der Waals surface area contributed by atoms with Crippen LogP contribution in [0.15, 0.2) is 21.5 Å². The first-order valence-electron chi connectivity index (χ1n) is 8.31. The third-order valence-corrected chi connectivity index (χ3v) is 7.56. The monoisotopic (exact) mass is 485 g/mol. The number of rotatable bonds is 6. The second-order valence-electron chi connectivity index (χ2n) is 6.26. The lowest BCUT2D eigenvalue weighted by atomic mass is 10.2. The predicted octanol–water partition coefficient (Wildman–Crippen LogP) is 2.98. The van der Waals surface area contributed by atoms with Gasteiger partial charge in [0, 0.05) is 36.7 Å². The summed E-state index contributed by atoms with van der Waals surface area (Å²) in [5, 5.41) is 3.08. The number of nitrogens with zero attached hydrogens (tertiary/aromatic N) is 2. The molecule has 1 N–H and O–H groups in total. The van der Waals surface area contributed by atoms with E-state index in [1.165, 1.54) is 16.4 Å². The number of sulfonamides is 1. The van der Waals surface area contributed by atoms with Gasteiger partial charge in [-0.15, -0.1) is 0 Å². The number of amides is 1. The molecule has 1 amide bonds. The molecular formula is C16H22BrCl2N3O3S. The highest BCUT2D eigenvalue weighted by Crippen LogP contribution is 2.34. The van der Waals surface area contributed by atoms with Crippen molar-refractivity contribution in [1.82, 2.24) is 14.5 Å². The number of nitrogens with one attached hydrogen (secondary N) is 1. The molecule has 0 bridgehead atoms. The van der Waals surface area contributed by atoms with Gasteiger partial charge in [-0.2, -0.15) is 4.31 Å². The van der Waals surface area contributed by atoms with Gasteiger partial charge >= 0.3 is 0 Å². The summed E-state index contributed by atoms with van der Waals surface area (Å²) in [6.07, 6.45) is 0.868. The van der Waals surface area contributed by atoms with Crippen molar-refractivity contribution in [2.45, 2.75) is 31.2 Å². The quantitative estimate of drug-likeness (QED) is 0.671. The van der Waals surface area contributed by atoms with Crippen LogP contribution >= 0.6 is 39.1 Å². The normalized spacial score (nSPS) is 17.9. The first-order valence-corrected chi connectivity index (χ1v) is 11.3. The lowest BCUT2D eigenvalue weighted by molar-refractivity contribution is -0.123. The fourth-order valence-corrected chi connectivity index (χ4v) is 5.96. The summed E-state index contributed by atoms with van der Waals surface area (Å²) >= 11 is 15.5. The Morgan fingerprint density at radius 3 is 2.27 bits per heavy atom. The van der Waals surface area contributed by atoms with Crippen LogP contribution in [-0.4, -0.2) is 62.3 Å². The Labute approximate surface area is 173 Å². The van der Waals surface area contributed by atoms with Crippen molar-refractivity contribution in [3.63, 3.8) is 0 Å². The minimum absolute atomic E-state index is 0.0466. The number of benzene rings is 1. The lowest BCUT2D eigenvalue weighted by Gasteiger charge is -2.34. The van der Waals surface area contributed by atoms with E-state index in [1.807, 2.05) is 18.7 Å². The van der Waals surface area contributed by atoms with Gasteiger partial charge in [0.15, 0.2) is 0 Å². The van der Waals surface area contributed by atoms with E-state index in [4.69, 9.17) is 23.2 Å². The Kier molecular flexibility index (Phi) is 7.76. The standard InChI is InChI=1S/C16H22BrCl2N3O3S/c1-3-11(2)20-15(23)10-21-4-6-22(7-5-21)26(24,25)16-13(18)8-12(17)9-14(16)19/h8-9,11H,3-7,10H2,1-2H3,(H,20,23)/t11-/m0/s1. The molecule has 146 valence electrons. The maximum Gasteiger partial charge on any atom is 0.246 e. The third kappa shape index (κ3) is 5.33. The molecule has 1 aliphatic heterocycles. The van der Waals surface area contributed by atoms with Gasteiger partial charge in [-0.25, -0.2) is 8.42 Å². The van der Waals surface area contributed by atoms with Crippen LogP contribution in [0.2, 0.25) is 10.0 Å². The first kappa shape index (κ1) is 21.9. The number of hydrogen-bond donors (Lipinski definition) is 1. The van der Waals surface area contributed by atoms with Crippen LogP contribution < -0.4 is 5.32 Å². The van der Waals surface area contributed by atoms with Gasteiger partial charge < -0.3 is 5.32 Å². The van der Waals surface area contributed by atoms with E-state index < -0.39 is 10.0 Å². The van der Waals surface area contributed by atoms with Gasteiger partial charge in [-0.3, -0.25) is 9.69 Å². The van der Waals surface area contributed by atoms with Crippen LogP contribution in [0, 0.1) is 0 Å². The molecule has 1 aromatic rings. The van der Waals surface area contributed by atoms with E-state index in [-0.39, 0.29) is 46.5 Å². The zero-order chi connectivity index (χ0) is 19.5. The summed E-state index contributed by atoms with van der Waals surface area (Å²) in [4.78, 5) is 13.8. The maximum atomic E-state index is 12.9. The van der Waals surface area contributed by atoms with E-state index in [0.29, 0.717) is 17.6 Å². The van der Waals surface area contributed by atoms with E-state index in [1.54, 1.807) is 0 Å². The number of halogens is 3. The van der Waals surface area contributed by atoms with Gasteiger partial charge in [0.05, 0.1) is 16.6 Å². The molecule has 1 atom stereocenters. The molecule has 1 fully saturated rings. The van der Waals surface area contributed by atoms with E-state index in [0.717, 1.165) is 6.42 Å². The largest absolute Gasteiger partial charge is 0.353 e. The summed E-state index contributed by atoms with van der Waals surface area (Å²) in [5.74, 6) is -0.0466. The van der Waals surface area contributed by atoms with Crippen LogP contribution in [0.25, 0.3) is 0 Å². The highest BCUT2D eigenvalue weighted by molar-refractivity contribution is 9.10. The fourth-order valence-electron chi connectivity index (χ4n) is 2.66. The van der Waals surface area contributed by atoms with Crippen molar-refractivity contribution in [1.29, 1.82) is 0 Å². The van der Waals surface area contributed by atoms with Crippen LogP contribution in [0.5, 0.6) is 0 Å². The van der Waals surface area contributed by atoms with Crippen LogP contribution in [-0.2, 0) is 14.8 Å². The molecule has 1 aliphatic rings. The van der Waals surface area contributed by atoms with E-state index in [9.17, 15) is 13.2 Å². The Balaban J connectivity index is 2.02. The SMILES string of the molecule is CC[C@H](C)NC(=O)CN1CCN(S(=O)(=O)c2c(Cl)cc(Br)cc2Cl)CC1. The van der Waals surface area contributed by atoms with Crippen molar-refractivity contribution < 1.29 is 13.2 Å². The summed E-state index contributed by atoms with van der Waals surface area (Å²) in [5.41, 5.74) is 0. The molecule has 1 aromatic carbocycles. The van der Waals surface area contributed by atoms with Crippen molar-refractivity contribution in [3.05, 3.63) is 26.7 Å². The van der Waals surface area contributed by atoms with Crippen LogP contribution in [0.1, 0.15) is 20.3 Å².